The summed E-state index contributed by atoms with van der Waals surface area (Å²) >= 11 is 0. The summed E-state index contributed by atoms with van der Waals surface area (Å²) in [4.78, 5) is 43.9. The van der Waals surface area contributed by atoms with E-state index in [2.05, 4.69) is 31.4 Å². The number of methoxy groups -OCH3 is 2. The normalized spacial score (nSPS) is 22.2. The number of rotatable bonds is 7. The number of hydrogen-bond donors (Lipinski definition) is 2. The van der Waals surface area contributed by atoms with Crippen molar-refractivity contribution in [2.24, 2.45) is 17.8 Å². The smallest absolute Gasteiger partial charge is 0.339 e. The fourth-order valence-corrected chi connectivity index (χ4v) is 6.54. The lowest BCUT2D eigenvalue weighted by Crippen LogP contribution is -2.49. The van der Waals surface area contributed by atoms with Gasteiger partial charge in [-0.1, -0.05) is 63.9 Å². The third kappa shape index (κ3) is 6.56. The van der Waals surface area contributed by atoms with Gasteiger partial charge in [0.1, 0.15) is 0 Å². The number of aromatic nitrogens is 1. The van der Waals surface area contributed by atoms with Crippen LogP contribution in [-0.2, 0) is 16.0 Å². The lowest BCUT2D eigenvalue weighted by molar-refractivity contribution is -0.123. The van der Waals surface area contributed by atoms with Gasteiger partial charge in [0.05, 0.1) is 31.0 Å². The van der Waals surface area contributed by atoms with E-state index in [-0.39, 0.29) is 12.0 Å². The molecule has 0 spiro atoms. The molecule has 2 aliphatic carbocycles. The molecule has 2 N–H and O–H groups in total. The number of hydrogen-bond acceptors (Lipinski definition) is 7. The Kier molecular flexibility index (Phi) is 9.52. The fourth-order valence-electron chi connectivity index (χ4n) is 6.54. The van der Waals surface area contributed by atoms with Gasteiger partial charge in [0.25, 0.3) is 5.91 Å². The monoisotopic (exact) mass is 599 g/mol. The molecule has 1 fully saturated rings. The van der Waals surface area contributed by atoms with Crippen molar-refractivity contribution >= 4 is 40.5 Å². The number of esters is 1. The van der Waals surface area contributed by atoms with Crippen molar-refractivity contribution in [1.82, 2.24) is 15.6 Å². The second kappa shape index (κ2) is 13.5. The van der Waals surface area contributed by atoms with Crippen LogP contribution in [-0.4, -0.2) is 49.8 Å². The summed E-state index contributed by atoms with van der Waals surface area (Å²) in [5.74, 6) is 0.969. The van der Waals surface area contributed by atoms with Gasteiger partial charge in [0.15, 0.2) is 18.1 Å². The van der Waals surface area contributed by atoms with Crippen LogP contribution in [0.2, 0.25) is 0 Å². The van der Waals surface area contributed by atoms with Crippen LogP contribution in [0.5, 0.6) is 11.5 Å². The number of benzene rings is 2. The Labute approximate surface area is 258 Å². The van der Waals surface area contributed by atoms with Crippen LogP contribution in [0.25, 0.3) is 22.6 Å². The first-order valence-electron chi connectivity index (χ1n) is 15.3. The molecular weight excluding hydrogens is 558 g/mol. The van der Waals surface area contributed by atoms with Crippen molar-refractivity contribution in [1.29, 1.82) is 0 Å². The Morgan fingerprint density at radius 3 is 2.55 bits per heavy atom. The summed E-state index contributed by atoms with van der Waals surface area (Å²) in [7, 11) is 3.20. The molecule has 0 radical (unpaired) electrons. The number of para-hydroxylation sites is 2. The standard InChI is InChI=1S/C35H41N3O6/c1-20-16-24(18-23-11-9-15-29(42-4)33(23)43-5)32-26(17-20)31(25-12-6-7-13-28(25)36-32)34(40)44-19-30(39)38-35(41)37-27-14-8-10-21(2)22(27)3/h6-7,9,11-13,15,18,20-22,27H,8,10,14,16-17,19H2,1-5H3,(H2,37,38,39,41)/b24-18+/t20-,21-,22-,27+/m0/s1. The first-order valence-corrected chi connectivity index (χ1v) is 15.3. The molecule has 0 saturated heterocycles. The van der Waals surface area contributed by atoms with E-state index in [0.717, 1.165) is 48.1 Å². The summed E-state index contributed by atoms with van der Waals surface area (Å²) in [6, 6.07) is 12.6. The molecule has 3 aromatic rings. The summed E-state index contributed by atoms with van der Waals surface area (Å²) in [5.41, 5.74) is 4.34. The van der Waals surface area contributed by atoms with Gasteiger partial charge in [0, 0.05) is 17.0 Å². The molecule has 1 aromatic heterocycles. The zero-order valence-corrected chi connectivity index (χ0v) is 26.1. The Hall–Kier alpha value is -4.40. The Morgan fingerprint density at radius 1 is 0.977 bits per heavy atom. The van der Waals surface area contributed by atoms with E-state index in [1.165, 1.54) is 0 Å². The highest BCUT2D eigenvalue weighted by Crippen LogP contribution is 2.41. The highest BCUT2D eigenvalue weighted by molar-refractivity contribution is 6.07. The number of fused-ring (bicyclic) bond motifs is 2. The average Bonchev–Trinajstić information content (AvgIpc) is 3.01. The van der Waals surface area contributed by atoms with Crippen LogP contribution in [0.4, 0.5) is 4.79 Å². The van der Waals surface area contributed by atoms with E-state index >= 15 is 0 Å². The van der Waals surface area contributed by atoms with E-state index in [0.29, 0.717) is 46.2 Å². The molecule has 2 aromatic carbocycles. The third-order valence-corrected chi connectivity index (χ3v) is 9.00. The molecule has 9 heteroatoms. The molecule has 4 atom stereocenters. The molecule has 232 valence electrons. The zero-order valence-electron chi connectivity index (χ0n) is 26.1. The van der Waals surface area contributed by atoms with E-state index in [4.69, 9.17) is 19.2 Å². The topological polar surface area (TPSA) is 116 Å². The average molecular weight is 600 g/mol. The third-order valence-electron chi connectivity index (χ3n) is 9.00. The lowest BCUT2D eigenvalue weighted by atomic mass is 9.78. The number of carbonyl (C=O) groups is 3. The lowest BCUT2D eigenvalue weighted by Gasteiger charge is -2.34. The van der Waals surface area contributed by atoms with Crippen LogP contribution < -0.4 is 20.1 Å². The number of nitrogens with zero attached hydrogens (tertiary/aromatic N) is 1. The molecule has 2 aliphatic rings. The number of ether oxygens (including phenoxy) is 3. The second-order valence-electron chi connectivity index (χ2n) is 12.1. The van der Waals surface area contributed by atoms with E-state index < -0.39 is 24.5 Å². The minimum absolute atomic E-state index is 0.00462. The SMILES string of the molecule is COc1cccc(/C=C2\C[C@H](C)Cc3c2nc2ccccc2c3C(=O)OCC(=O)NC(=O)N[C@@H]2CCC[C@H](C)[C@@H]2C)c1OC. The summed E-state index contributed by atoms with van der Waals surface area (Å²) in [6.45, 7) is 5.85. The maximum absolute atomic E-state index is 13.7. The first kappa shape index (κ1) is 31.0. The molecule has 0 aliphatic heterocycles. The Bertz CT molecular complexity index is 1600. The van der Waals surface area contributed by atoms with Gasteiger partial charge in [0.2, 0.25) is 0 Å². The van der Waals surface area contributed by atoms with Crippen molar-refractivity contribution < 1.29 is 28.6 Å². The van der Waals surface area contributed by atoms with Crippen LogP contribution in [0.1, 0.15) is 73.6 Å². The van der Waals surface area contributed by atoms with Gasteiger partial charge in [-0.3, -0.25) is 10.1 Å². The summed E-state index contributed by atoms with van der Waals surface area (Å²) < 4.78 is 16.7. The van der Waals surface area contributed by atoms with Gasteiger partial charge in [-0.2, -0.15) is 0 Å². The molecule has 9 nitrogen and oxygen atoms in total. The van der Waals surface area contributed by atoms with Crippen LogP contribution in [0.15, 0.2) is 42.5 Å². The predicted molar refractivity (Wildman–Crippen MR) is 170 cm³/mol. The predicted octanol–water partition coefficient (Wildman–Crippen LogP) is 6.18. The van der Waals surface area contributed by atoms with E-state index in [9.17, 15) is 14.4 Å². The highest BCUT2D eigenvalue weighted by Gasteiger charge is 2.31. The van der Waals surface area contributed by atoms with Gasteiger partial charge in [-0.05, 0) is 66.4 Å². The number of amides is 3. The molecule has 1 saturated carbocycles. The van der Waals surface area contributed by atoms with E-state index in [1.54, 1.807) is 14.2 Å². The zero-order chi connectivity index (χ0) is 31.4. The number of allylic oxidation sites excluding steroid dienone is 1. The molecule has 0 bridgehead atoms. The van der Waals surface area contributed by atoms with Crippen molar-refractivity contribution in [2.75, 3.05) is 20.8 Å². The minimum atomic E-state index is -0.682. The van der Waals surface area contributed by atoms with Crippen molar-refractivity contribution in [3.63, 3.8) is 0 Å². The molecule has 3 amide bonds. The van der Waals surface area contributed by atoms with Crippen molar-refractivity contribution in [3.05, 3.63) is 64.8 Å². The molecule has 44 heavy (non-hydrogen) atoms. The minimum Gasteiger partial charge on any atom is -0.493 e. The first-order chi connectivity index (χ1) is 21.2. The maximum Gasteiger partial charge on any atom is 0.339 e. The number of nitrogens with one attached hydrogen (secondary N) is 2. The molecule has 1 heterocycles. The number of imide groups is 1. The summed E-state index contributed by atoms with van der Waals surface area (Å²) in [5, 5.41) is 5.89. The van der Waals surface area contributed by atoms with Crippen LogP contribution >= 0.6 is 0 Å². The van der Waals surface area contributed by atoms with Crippen molar-refractivity contribution in [2.45, 2.75) is 58.9 Å². The van der Waals surface area contributed by atoms with Gasteiger partial charge in [-0.25, -0.2) is 14.6 Å². The number of pyridine rings is 1. The Balaban J connectivity index is 1.40. The fraction of sp³-hybridized carbons (Fsp3) is 0.429. The van der Waals surface area contributed by atoms with Gasteiger partial charge >= 0.3 is 12.0 Å². The van der Waals surface area contributed by atoms with Crippen LogP contribution in [0, 0.1) is 17.8 Å². The Morgan fingerprint density at radius 2 is 1.77 bits per heavy atom. The van der Waals surface area contributed by atoms with Crippen molar-refractivity contribution in [3.8, 4) is 11.5 Å². The van der Waals surface area contributed by atoms with E-state index in [1.807, 2.05) is 48.5 Å². The molecular formula is C35H41N3O6. The largest absolute Gasteiger partial charge is 0.493 e. The maximum atomic E-state index is 13.7. The molecule has 0 unspecified atom stereocenters. The second-order valence-corrected chi connectivity index (χ2v) is 12.1. The van der Waals surface area contributed by atoms with Crippen LogP contribution in [0.3, 0.4) is 0 Å². The number of carbonyl (C=O) groups excluding carboxylic acids is 3. The highest BCUT2D eigenvalue weighted by atomic mass is 16.5. The quantitative estimate of drug-likeness (QED) is 0.312. The van der Waals surface area contributed by atoms with Gasteiger partial charge in [-0.15, -0.1) is 0 Å². The summed E-state index contributed by atoms with van der Waals surface area (Å²) in [6.07, 6.45) is 6.46. The molecule has 5 rings (SSSR count). The van der Waals surface area contributed by atoms with Gasteiger partial charge < -0.3 is 19.5 Å². The number of urea groups is 1.